The average Bonchev–Trinajstić information content (AvgIpc) is 2.04. The Morgan fingerprint density at radius 1 is 1.36 bits per heavy atom. The smallest absolute Gasteiger partial charge is 0.0346 e. The standard InChI is InChI=1S/C11H22/c1-5-10(3)8-7-9-11(4)6-2/h8,11H,5-7,9H2,1-4H3/b10-8-. The van der Waals surface area contributed by atoms with Gasteiger partial charge in [-0.15, -0.1) is 0 Å². The normalized spacial score (nSPS) is 15.1. The van der Waals surface area contributed by atoms with Gasteiger partial charge in [0.1, 0.15) is 0 Å². The van der Waals surface area contributed by atoms with Gasteiger partial charge in [0, 0.05) is 0 Å². The van der Waals surface area contributed by atoms with Gasteiger partial charge in [-0.05, 0) is 32.1 Å². The van der Waals surface area contributed by atoms with Gasteiger partial charge >= 0.3 is 0 Å². The summed E-state index contributed by atoms with van der Waals surface area (Å²) < 4.78 is 0. The third-order valence-electron chi connectivity index (χ3n) is 2.41. The van der Waals surface area contributed by atoms with Gasteiger partial charge in [-0.2, -0.15) is 0 Å². The molecule has 1 atom stereocenters. The molecule has 0 saturated heterocycles. The summed E-state index contributed by atoms with van der Waals surface area (Å²) in [6.07, 6.45) is 7.54. The third-order valence-corrected chi connectivity index (χ3v) is 2.41. The van der Waals surface area contributed by atoms with Crippen LogP contribution in [0.4, 0.5) is 0 Å². The van der Waals surface area contributed by atoms with E-state index < -0.39 is 0 Å². The maximum Gasteiger partial charge on any atom is -0.0346 e. The zero-order valence-electron chi connectivity index (χ0n) is 8.48. The predicted octanol–water partition coefficient (Wildman–Crippen LogP) is 4.17. The van der Waals surface area contributed by atoms with Crippen LogP contribution in [0.2, 0.25) is 0 Å². The van der Waals surface area contributed by atoms with Crippen LogP contribution in [0.15, 0.2) is 11.6 Å². The molecular formula is C11H22. The highest BCUT2D eigenvalue weighted by Gasteiger charge is 1.95. The molecule has 1 unspecified atom stereocenters. The van der Waals surface area contributed by atoms with E-state index in [9.17, 15) is 0 Å². The first-order valence-electron chi connectivity index (χ1n) is 4.86. The first-order valence-corrected chi connectivity index (χ1v) is 4.86. The molecule has 0 aromatic carbocycles. The monoisotopic (exact) mass is 154 g/mol. The quantitative estimate of drug-likeness (QED) is 0.521. The van der Waals surface area contributed by atoms with Gasteiger partial charge < -0.3 is 0 Å². The minimum Gasteiger partial charge on any atom is -0.0856 e. The fourth-order valence-corrected chi connectivity index (χ4v) is 0.963. The van der Waals surface area contributed by atoms with Gasteiger partial charge in [-0.3, -0.25) is 0 Å². The van der Waals surface area contributed by atoms with Crippen molar-refractivity contribution in [2.24, 2.45) is 5.92 Å². The van der Waals surface area contributed by atoms with Gasteiger partial charge in [-0.1, -0.05) is 38.8 Å². The molecule has 0 N–H and O–H groups in total. The van der Waals surface area contributed by atoms with Gasteiger partial charge in [0.2, 0.25) is 0 Å². The summed E-state index contributed by atoms with van der Waals surface area (Å²) in [5.74, 6) is 0.899. The Kier molecular flexibility index (Phi) is 6.30. The zero-order chi connectivity index (χ0) is 8.69. The molecule has 0 rings (SSSR count). The van der Waals surface area contributed by atoms with Gasteiger partial charge in [0.25, 0.3) is 0 Å². The van der Waals surface area contributed by atoms with Crippen LogP contribution in [-0.2, 0) is 0 Å². The van der Waals surface area contributed by atoms with Crippen LogP contribution >= 0.6 is 0 Å². The number of hydrogen-bond acceptors (Lipinski definition) is 0. The van der Waals surface area contributed by atoms with Crippen molar-refractivity contribution in [3.05, 3.63) is 11.6 Å². The van der Waals surface area contributed by atoms with Crippen molar-refractivity contribution >= 4 is 0 Å². The molecule has 0 saturated carbocycles. The van der Waals surface area contributed by atoms with Crippen molar-refractivity contribution < 1.29 is 0 Å². The van der Waals surface area contributed by atoms with Crippen LogP contribution in [0, 0.1) is 5.92 Å². The van der Waals surface area contributed by atoms with Crippen LogP contribution in [0.1, 0.15) is 53.4 Å². The lowest BCUT2D eigenvalue weighted by atomic mass is 10.0. The SMILES string of the molecule is CC/C(C)=C\CCC(C)CC. The molecule has 11 heavy (non-hydrogen) atoms. The lowest BCUT2D eigenvalue weighted by Gasteiger charge is -2.05. The fourth-order valence-electron chi connectivity index (χ4n) is 0.963. The van der Waals surface area contributed by atoms with Crippen molar-refractivity contribution in [3.63, 3.8) is 0 Å². The van der Waals surface area contributed by atoms with E-state index in [1.807, 2.05) is 0 Å². The molecule has 0 aliphatic heterocycles. The van der Waals surface area contributed by atoms with Crippen LogP contribution < -0.4 is 0 Å². The second-order valence-corrected chi connectivity index (χ2v) is 3.49. The molecule has 0 heteroatoms. The van der Waals surface area contributed by atoms with Crippen molar-refractivity contribution in [2.75, 3.05) is 0 Å². The van der Waals surface area contributed by atoms with Crippen LogP contribution in [-0.4, -0.2) is 0 Å². The van der Waals surface area contributed by atoms with E-state index in [4.69, 9.17) is 0 Å². The predicted molar refractivity (Wildman–Crippen MR) is 52.7 cm³/mol. The molecule has 0 amide bonds. The van der Waals surface area contributed by atoms with E-state index in [1.165, 1.54) is 31.3 Å². The molecule has 0 heterocycles. The summed E-state index contributed by atoms with van der Waals surface area (Å²) in [6.45, 7) is 9.03. The van der Waals surface area contributed by atoms with E-state index in [0.717, 1.165) is 5.92 Å². The minimum atomic E-state index is 0.899. The maximum absolute atomic E-state index is 2.38. The summed E-state index contributed by atoms with van der Waals surface area (Å²) in [6, 6.07) is 0. The molecule has 0 spiro atoms. The summed E-state index contributed by atoms with van der Waals surface area (Å²) in [4.78, 5) is 0. The third kappa shape index (κ3) is 6.15. The Morgan fingerprint density at radius 2 is 2.00 bits per heavy atom. The molecular weight excluding hydrogens is 132 g/mol. The minimum absolute atomic E-state index is 0.899. The molecule has 0 aliphatic rings. The van der Waals surface area contributed by atoms with Gasteiger partial charge in [0.05, 0.1) is 0 Å². The van der Waals surface area contributed by atoms with Crippen LogP contribution in [0.5, 0.6) is 0 Å². The van der Waals surface area contributed by atoms with Crippen molar-refractivity contribution in [1.29, 1.82) is 0 Å². The molecule has 0 radical (unpaired) electrons. The lowest BCUT2D eigenvalue weighted by Crippen LogP contribution is -1.90. The summed E-state index contributed by atoms with van der Waals surface area (Å²) >= 11 is 0. The van der Waals surface area contributed by atoms with E-state index >= 15 is 0 Å². The second-order valence-electron chi connectivity index (χ2n) is 3.49. The van der Waals surface area contributed by atoms with E-state index in [2.05, 4.69) is 33.8 Å². The molecule has 0 bridgehead atoms. The fraction of sp³-hybridized carbons (Fsp3) is 0.818. The van der Waals surface area contributed by atoms with Gasteiger partial charge in [0.15, 0.2) is 0 Å². The summed E-state index contributed by atoms with van der Waals surface area (Å²) in [5, 5.41) is 0. The number of rotatable bonds is 5. The Balaban J connectivity index is 3.39. The highest BCUT2D eigenvalue weighted by molar-refractivity contribution is 4.96. The molecule has 0 aromatic rings. The number of hydrogen-bond donors (Lipinski definition) is 0. The zero-order valence-corrected chi connectivity index (χ0v) is 8.48. The first-order chi connectivity index (χ1) is 5.20. The largest absolute Gasteiger partial charge is 0.0856 e. The summed E-state index contributed by atoms with van der Waals surface area (Å²) in [5.41, 5.74) is 1.54. The topological polar surface area (TPSA) is 0 Å². The second kappa shape index (κ2) is 6.45. The number of allylic oxidation sites excluding steroid dienone is 2. The highest BCUT2D eigenvalue weighted by atomic mass is 14.0. The summed E-state index contributed by atoms with van der Waals surface area (Å²) in [7, 11) is 0. The maximum atomic E-state index is 2.38. The molecule has 0 nitrogen and oxygen atoms in total. The Labute approximate surface area is 71.7 Å². The van der Waals surface area contributed by atoms with E-state index in [-0.39, 0.29) is 0 Å². The van der Waals surface area contributed by atoms with Crippen LogP contribution in [0.25, 0.3) is 0 Å². The molecule has 0 fully saturated rings. The highest BCUT2D eigenvalue weighted by Crippen LogP contribution is 2.11. The first kappa shape index (κ1) is 10.7. The lowest BCUT2D eigenvalue weighted by molar-refractivity contribution is 0.521. The van der Waals surface area contributed by atoms with Crippen molar-refractivity contribution in [3.8, 4) is 0 Å². The van der Waals surface area contributed by atoms with Crippen LogP contribution in [0.3, 0.4) is 0 Å². The van der Waals surface area contributed by atoms with E-state index in [1.54, 1.807) is 0 Å². The molecule has 0 aromatic heterocycles. The molecule has 0 aliphatic carbocycles. The average molecular weight is 154 g/mol. The Bertz CT molecular complexity index is 111. The Morgan fingerprint density at radius 3 is 2.45 bits per heavy atom. The van der Waals surface area contributed by atoms with Gasteiger partial charge in [-0.25, -0.2) is 0 Å². The van der Waals surface area contributed by atoms with Crippen molar-refractivity contribution in [1.82, 2.24) is 0 Å². The Hall–Kier alpha value is -0.260. The van der Waals surface area contributed by atoms with Crippen molar-refractivity contribution in [2.45, 2.75) is 53.4 Å². The van der Waals surface area contributed by atoms with E-state index in [0.29, 0.717) is 0 Å². The molecule has 66 valence electrons.